The van der Waals surface area contributed by atoms with Crippen LogP contribution in [0.2, 0.25) is 0 Å². The Bertz CT molecular complexity index is 4790. The Morgan fingerprint density at radius 2 is 1.02 bits per heavy atom. The molecule has 0 radical (unpaired) electrons. The van der Waals surface area contributed by atoms with E-state index in [0.29, 0.717) is 83.8 Å². The van der Waals surface area contributed by atoms with Gasteiger partial charge in [0.25, 0.3) is 0 Å². The third-order valence-electron chi connectivity index (χ3n) is 20.0. The van der Waals surface area contributed by atoms with E-state index in [0.717, 1.165) is 0 Å². The molecule has 12 rings (SSSR count). The third kappa shape index (κ3) is 13.1. The molecule has 2 aromatic heterocycles. The van der Waals surface area contributed by atoms with Crippen LogP contribution in [0.25, 0.3) is 0 Å². The van der Waals surface area contributed by atoms with Crippen molar-refractivity contribution in [3.8, 4) is 12.1 Å². The van der Waals surface area contributed by atoms with Crippen LogP contribution < -0.4 is 11.1 Å². The molecule has 9 atom stereocenters. The number of ether oxygens (including phenoxy) is 2. The molecule has 0 saturated carbocycles. The number of nitrogens with two attached hydrogens (primary N) is 1. The van der Waals surface area contributed by atoms with E-state index in [9.17, 15) is 31.8 Å². The first kappa shape index (κ1) is 73.2. The number of hydrogen-bond acceptors (Lipinski definition) is 21. The quantitative estimate of drug-likeness (QED) is 0.0969. The number of pyridine rings is 2. The Balaban J connectivity index is 0.000000163. The van der Waals surface area contributed by atoms with Gasteiger partial charge in [-0.05, 0) is 194 Å². The molecule has 0 saturated heterocycles. The van der Waals surface area contributed by atoms with Crippen molar-refractivity contribution in [3.63, 3.8) is 0 Å². The highest BCUT2D eigenvalue weighted by atomic mass is 32.2. The van der Waals surface area contributed by atoms with Gasteiger partial charge in [-0.2, -0.15) is 10.5 Å². The number of aromatic nitrogens is 2. The first-order chi connectivity index (χ1) is 46.0. The maximum absolute atomic E-state index is 15.5. The molecule has 0 amide bonds. The topological polar surface area (TPSA) is 324 Å². The van der Waals surface area contributed by atoms with Crippen LogP contribution >= 0.6 is 0 Å². The molecular weight excluding hydrogens is 1330 g/mol. The summed E-state index contributed by atoms with van der Waals surface area (Å²) in [7, 11) is -8.51. The number of carbonyl (C=O) groups excluding carboxylic acids is 4. The van der Waals surface area contributed by atoms with E-state index in [2.05, 4.69) is 33.4 Å². The van der Waals surface area contributed by atoms with E-state index >= 15 is 13.2 Å². The summed E-state index contributed by atoms with van der Waals surface area (Å²) in [5, 5.41) is 19.5. The molecule has 0 fully saturated rings. The van der Waals surface area contributed by atoms with E-state index < -0.39 is 117 Å². The van der Waals surface area contributed by atoms with Crippen LogP contribution in [0.4, 0.5) is 18.9 Å². The number of nitrogens with one attached hydrogen (secondary N) is 1. The van der Waals surface area contributed by atoms with Gasteiger partial charge in [-0.1, -0.05) is 12.1 Å². The Labute approximate surface area is 577 Å². The molecule has 99 heavy (non-hydrogen) atoms. The molecule has 21 nitrogen and oxygen atoms in total. The Morgan fingerprint density at radius 1 is 0.596 bits per heavy atom. The number of nitrogens with zero attached hydrogens (tertiary/aromatic N) is 10. The standard InChI is InChI=1S/C29H33FN4O4S.C23H24FN5O2S.C20H26FN3O3S/c1-27(2,3)38-26(36)15-24-28(4,5)39(37)25(11-12-33-39)29(6,34-24)20-13-18(7-9-21(20)30)14-23(35)22-10-8-19(16-31)17-32-22;1-22(2)21(26)29-23(3,20-8-9-28-32(20,22)31)16-10-14(4-6-17(16)24)11-19(30)18-7-5-15(12-25)13-27-18;1-18(2)15-11-17(25)27-19(3,4)23-12-6-7-14(21)13(10-12)20(5,24-15)16-8-9-22-28(16,18)26/h7-10,13,17,25H,11-12,14-15H2,1-6H3;4-7,10,13,20H,8-9,11H2,1-3H3,(H2,26,29);6-7,10,16,23H,8-9,11H2,1-5H3/t25-,29+,39+;20-,23+,32+;16-,20+,28+/m000/s1. The fourth-order valence-electron chi connectivity index (χ4n) is 14.4. The van der Waals surface area contributed by atoms with Crippen molar-refractivity contribution in [3.05, 3.63) is 159 Å². The van der Waals surface area contributed by atoms with E-state index in [-0.39, 0.29) is 65.6 Å². The number of halogens is 3. The Kier molecular flexibility index (Phi) is 19.1. The highest BCUT2D eigenvalue weighted by molar-refractivity contribution is 7.97. The number of benzene rings is 3. The first-order valence-corrected chi connectivity index (χ1v) is 37.3. The van der Waals surface area contributed by atoms with Crippen molar-refractivity contribution in [1.82, 2.24) is 9.97 Å². The van der Waals surface area contributed by atoms with E-state index in [1.165, 1.54) is 60.9 Å². The molecule has 3 N–H and O–H groups in total. The molecule has 3 aromatic carbocycles. The van der Waals surface area contributed by atoms with Gasteiger partial charge in [0.2, 0.25) is 0 Å². The lowest BCUT2D eigenvalue weighted by molar-refractivity contribution is -0.154. The van der Waals surface area contributed by atoms with Crippen molar-refractivity contribution in [2.75, 3.05) is 25.0 Å². The van der Waals surface area contributed by atoms with Crippen LogP contribution in [0.1, 0.15) is 189 Å². The van der Waals surface area contributed by atoms with E-state index in [1.54, 1.807) is 106 Å². The second-order valence-electron chi connectivity index (χ2n) is 29.3. The van der Waals surface area contributed by atoms with Crippen LogP contribution in [0.15, 0.2) is 119 Å². The van der Waals surface area contributed by atoms with Gasteiger partial charge in [0.15, 0.2) is 17.3 Å². The largest absolute Gasteiger partial charge is 0.460 e. The minimum absolute atomic E-state index is 0.00261. The highest BCUT2D eigenvalue weighted by Crippen LogP contribution is 2.52. The summed E-state index contributed by atoms with van der Waals surface area (Å²) < 4.78 is 110. The molecule has 9 heterocycles. The predicted octanol–water partition coefficient (Wildman–Crippen LogP) is 11.7. The third-order valence-corrected chi connectivity index (χ3v) is 31.1. The van der Waals surface area contributed by atoms with Gasteiger partial charge in [0.05, 0.1) is 78.4 Å². The number of cyclic esters (lactones) is 1. The normalized spacial score (nSPS) is 29.2. The van der Waals surface area contributed by atoms with Gasteiger partial charge in [0.1, 0.15) is 73.8 Å². The van der Waals surface area contributed by atoms with Crippen LogP contribution in [0, 0.1) is 40.1 Å². The average molecular weight is 1410 g/mol. The molecular formula is C72H83F3N12O9S3. The van der Waals surface area contributed by atoms with Gasteiger partial charge in [0, 0.05) is 78.7 Å². The van der Waals surface area contributed by atoms with Crippen molar-refractivity contribution in [1.29, 1.82) is 10.5 Å². The molecule has 5 aromatic rings. The highest BCUT2D eigenvalue weighted by Gasteiger charge is 2.60. The molecule has 7 aliphatic rings. The van der Waals surface area contributed by atoms with E-state index in [1.807, 2.05) is 32.9 Å². The number of carbonyl (C=O) groups is 4. The number of rotatable bonds is 10. The van der Waals surface area contributed by atoms with Crippen LogP contribution in [-0.2, 0) is 77.7 Å². The zero-order valence-electron chi connectivity index (χ0n) is 58.0. The van der Waals surface area contributed by atoms with Gasteiger partial charge in [-0.15, -0.1) is 0 Å². The summed E-state index contributed by atoms with van der Waals surface area (Å²) in [6.07, 6.45) is 3.87. The molecule has 27 heteroatoms. The SMILES string of the molecule is CC(C)(C)OC(=O)CC1=N[C@](C)(c2cc(CC(=O)c3ccc(C#N)cn3)ccc2F)[C@@H]2CCN=[S@]2(=O)C1(C)C.CC1(C)C(N)=N[C@](C)(c2cc(CC(=O)c3ccc(C#N)cn3)ccc2F)[C@@H]2CCN=[S@@]21=O.CC1(C)Nc2ccc(F)c(c2)[C@@]2(C)N=C(CC(=O)O1)C(C)(C)[S@@]1(=O)=NCC[C@@H]21. The fraction of sp³-hybridized carbons (Fsp3) is 0.486. The maximum Gasteiger partial charge on any atom is 0.313 e. The van der Waals surface area contributed by atoms with Gasteiger partial charge >= 0.3 is 11.9 Å². The average Bonchev–Trinajstić information content (AvgIpc) is 1.64. The van der Waals surface area contributed by atoms with Crippen molar-refractivity contribution >= 4 is 75.6 Å². The molecule has 0 unspecified atom stereocenters. The summed E-state index contributed by atoms with van der Waals surface area (Å²) in [5.74, 6) is -2.79. The summed E-state index contributed by atoms with van der Waals surface area (Å²) >= 11 is 0. The number of ketones is 2. The summed E-state index contributed by atoms with van der Waals surface area (Å²) in [4.78, 5) is 73.7. The second-order valence-corrected chi connectivity index (χ2v) is 38.3. The van der Waals surface area contributed by atoms with Crippen molar-refractivity contribution in [2.45, 2.75) is 200 Å². The van der Waals surface area contributed by atoms with E-state index in [4.69, 9.17) is 35.7 Å². The number of hydrogen-bond donors (Lipinski definition) is 2. The number of fused-ring (bicyclic) bond motifs is 8. The molecule has 524 valence electrons. The number of aliphatic imine (C=N–C) groups is 3. The smallest absolute Gasteiger partial charge is 0.313 e. The van der Waals surface area contributed by atoms with Crippen LogP contribution in [0.5, 0.6) is 0 Å². The Hall–Kier alpha value is -8.53. The zero-order chi connectivity index (χ0) is 72.6. The number of esters is 2. The molecule has 7 aliphatic heterocycles. The lowest BCUT2D eigenvalue weighted by Crippen LogP contribution is -2.58. The minimum atomic E-state index is -2.95. The second kappa shape index (κ2) is 25.9. The van der Waals surface area contributed by atoms with Crippen molar-refractivity contribution in [2.24, 2.45) is 33.8 Å². The van der Waals surface area contributed by atoms with Crippen LogP contribution in [-0.4, -0.2) is 124 Å². The van der Waals surface area contributed by atoms with Gasteiger partial charge in [-0.3, -0.25) is 44.1 Å². The number of amidine groups is 1. The zero-order valence-corrected chi connectivity index (χ0v) is 60.5. The fourth-order valence-corrected chi connectivity index (χ4v) is 24.1. The van der Waals surface area contributed by atoms with Crippen LogP contribution in [0.3, 0.4) is 0 Å². The monoisotopic (exact) mass is 1410 g/mol. The molecule has 0 aliphatic carbocycles. The van der Waals surface area contributed by atoms with Gasteiger partial charge in [-0.25, -0.2) is 38.9 Å². The molecule has 4 bridgehead atoms. The summed E-state index contributed by atoms with van der Waals surface area (Å²) in [6.45, 7) is 26.0. The number of nitriles is 2. The summed E-state index contributed by atoms with van der Waals surface area (Å²) in [5.41, 5.74) is 5.52. The maximum atomic E-state index is 15.5. The lowest BCUT2D eigenvalue weighted by atomic mass is 9.84. The lowest BCUT2D eigenvalue weighted by Gasteiger charge is -2.46. The van der Waals surface area contributed by atoms with Gasteiger partial charge < -0.3 is 20.5 Å². The number of anilines is 1. The number of Topliss-reactive ketones (excluding diaryl/α,β-unsaturated/α-hetero) is 2. The first-order valence-electron chi connectivity index (χ1n) is 32.6. The summed E-state index contributed by atoms with van der Waals surface area (Å²) in [6, 6.07) is 23.4. The van der Waals surface area contributed by atoms with Crippen molar-refractivity contribution < 1.29 is 54.4 Å². The predicted molar refractivity (Wildman–Crippen MR) is 374 cm³/mol. The Morgan fingerprint density at radius 3 is 1.46 bits per heavy atom. The minimum Gasteiger partial charge on any atom is -0.460 e. The molecule has 0 spiro atoms.